The van der Waals surface area contributed by atoms with Crippen LogP contribution in [0.5, 0.6) is 0 Å². The smallest absolute Gasteiger partial charge is 0.254 e. The molecule has 1 amide bonds. The van der Waals surface area contributed by atoms with Crippen LogP contribution in [-0.2, 0) is 0 Å². The minimum absolute atomic E-state index is 0.0260. The van der Waals surface area contributed by atoms with E-state index in [9.17, 15) is 4.79 Å². The van der Waals surface area contributed by atoms with Gasteiger partial charge in [0, 0.05) is 42.0 Å². The van der Waals surface area contributed by atoms with Gasteiger partial charge in [-0.25, -0.2) is 4.98 Å². The van der Waals surface area contributed by atoms with E-state index in [1.54, 1.807) is 35.6 Å². The third-order valence-electron chi connectivity index (χ3n) is 5.62. The number of benzene rings is 1. The molecule has 1 saturated heterocycles. The lowest BCUT2D eigenvalue weighted by atomic mass is 9.89. The number of nitrogens with zero attached hydrogens (tertiary/aromatic N) is 6. The van der Waals surface area contributed by atoms with Gasteiger partial charge in [-0.15, -0.1) is 10.2 Å². The highest BCUT2D eigenvalue weighted by molar-refractivity contribution is 5.94. The summed E-state index contributed by atoms with van der Waals surface area (Å²) in [6.45, 7) is 1.42. The second-order valence-electron chi connectivity index (χ2n) is 7.40. The molecule has 30 heavy (non-hydrogen) atoms. The molecule has 0 radical (unpaired) electrons. The van der Waals surface area contributed by atoms with Gasteiger partial charge in [0.2, 0.25) is 0 Å². The van der Waals surface area contributed by atoms with Crippen molar-refractivity contribution in [2.24, 2.45) is 0 Å². The van der Waals surface area contributed by atoms with E-state index in [4.69, 9.17) is 0 Å². The summed E-state index contributed by atoms with van der Waals surface area (Å²) in [4.78, 5) is 19.3. The van der Waals surface area contributed by atoms with Gasteiger partial charge in [0.15, 0.2) is 0 Å². The summed E-state index contributed by atoms with van der Waals surface area (Å²) in [5, 5.41) is 15.1. The number of amides is 1. The van der Waals surface area contributed by atoms with Gasteiger partial charge in [-0.3, -0.25) is 14.5 Å². The molecule has 4 heterocycles. The maximum absolute atomic E-state index is 13.0. The number of hydrogen-bond donors (Lipinski definition) is 1. The summed E-state index contributed by atoms with van der Waals surface area (Å²) >= 11 is 0. The predicted octanol–water partition coefficient (Wildman–Crippen LogP) is 3.07. The molecule has 0 spiro atoms. The van der Waals surface area contributed by atoms with E-state index in [-0.39, 0.29) is 5.91 Å². The quantitative estimate of drug-likeness (QED) is 0.569. The lowest BCUT2D eigenvalue weighted by molar-refractivity contribution is 0.0712. The highest BCUT2D eigenvalue weighted by Crippen LogP contribution is 2.34. The van der Waals surface area contributed by atoms with Gasteiger partial charge >= 0.3 is 0 Å². The first kappa shape index (κ1) is 18.2. The van der Waals surface area contributed by atoms with Crippen LogP contribution in [0.2, 0.25) is 0 Å². The fraction of sp³-hybridized carbons (Fsp3) is 0.227. The molecule has 1 N–H and O–H groups in total. The van der Waals surface area contributed by atoms with E-state index >= 15 is 0 Å². The number of pyridine rings is 1. The lowest BCUT2D eigenvalue weighted by Gasteiger charge is -2.32. The normalized spacial score (nSPS) is 14.7. The van der Waals surface area contributed by atoms with Crippen molar-refractivity contribution in [3.05, 3.63) is 78.8 Å². The Balaban J connectivity index is 1.29. The average Bonchev–Trinajstić information content (AvgIpc) is 3.52. The van der Waals surface area contributed by atoms with Crippen LogP contribution >= 0.6 is 0 Å². The van der Waals surface area contributed by atoms with Crippen molar-refractivity contribution < 1.29 is 4.79 Å². The van der Waals surface area contributed by atoms with Gasteiger partial charge in [-0.1, -0.05) is 30.3 Å². The molecular formula is C22H21N7O. The van der Waals surface area contributed by atoms with Crippen LogP contribution in [0.15, 0.2) is 67.5 Å². The molecular weight excluding hydrogens is 378 g/mol. The number of rotatable bonds is 4. The molecule has 150 valence electrons. The molecule has 5 rings (SSSR count). The van der Waals surface area contributed by atoms with Gasteiger partial charge in [-0.05, 0) is 30.5 Å². The topological polar surface area (TPSA) is 92.6 Å². The number of aromatic nitrogens is 6. The Morgan fingerprint density at radius 1 is 1.03 bits per heavy atom. The SMILES string of the molecule is O=C(c1ccnc(-n2cnnc2)c1)N1CCC(c2[nH]ncc2-c2ccccc2)CC1. The van der Waals surface area contributed by atoms with Gasteiger partial charge in [-0.2, -0.15) is 5.10 Å². The summed E-state index contributed by atoms with van der Waals surface area (Å²) in [5.41, 5.74) is 4.09. The molecule has 0 unspecified atom stereocenters. The zero-order valence-electron chi connectivity index (χ0n) is 16.3. The third-order valence-corrected chi connectivity index (χ3v) is 5.62. The van der Waals surface area contributed by atoms with Gasteiger partial charge in [0.25, 0.3) is 5.91 Å². The highest BCUT2D eigenvalue weighted by Gasteiger charge is 2.27. The summed E-state index contributed by atoms with van der Waals surface area (Å²) in [7, 11) is 0. The number of likely N-dealkylation sites (tertiary alicyclic amines) is 1. The highest BCUT2D eigenvalue weighted by atomic mass is 16.2. The van der Waals surface area contributed by atoms with Crippen LogP contribution < -0.4 is 0 Å². The van der Waals surface area contributed by atoms with E-state index in [0.29, 0.717) is 30.4 Å². The molecule has 3 aromatic heterocycles. The fourth-order valence-corrected chi connectivity index (χ4v) is 4.02. The molecule has 0 atom stereocenters. The zero-order chi connectivity index (χ0) is 20.3. The maximum Gasteiger partial charge on any atom is 0.254 e. The molecule has 0 bridgehead atoms. The van der Waals surface area contributed by atoms with Crippen molar-refractivity contribution in [3.63, 3.8) is 0 Å². The van der Waals surface area contributed by atoms with Crippen molar-refractivity contribution in [3.8, 4) is 16.9 Å². The largest absolute Gasteiger partial charge is 0.339 e. The van der Waals surface area contributed by atoms with Crippen LogP contribution in [-0.4, -0.2) is 53.8 Å². The molecule has 8 nitrogen and oxygen atoms in total. The number of aromatic amines is 1. The number of nitrogens with one attached hydrogen (secondary N) is 1. The van der Waals surface area contributed by atoms with E-state index in [1.165, 1.54) is 0 Å². The van der Waals surface area contributed by atoms with Crippen molar-refractivity contribution in [1.29, 1.82) is 0 Å². The molecule has 1 aliphatic rings. The first-order valence-corrected chi connectivity index (χ1v) is 9.98. The van der Waals surface area contributed by atoms with Gasteiger partial charge < -0.3 is 4.90 Å². The molecule has 1 fully saturated rings. The van der Waals surface area contributed by atoms with Crippen molar-refractivity contribution in [2.45, 2.75) is 18.8 Å². The van der Waals surface area contributed by atoms with Crippen LogP contribution in [0.1, 0.15) is 34.8 Å². The summed E-state index contributed by atoms with van der Waals surface area (Å²) in [6, 6.07) is 13.8. The third kappa shape index (κ3) is 3.47. The van der Waals surface area contributed by atoms with E-state index in [2.05, 4.69) is 37.5 Å². The summed E-state index contributed by atoms with van der Waals surface area (Å²) in [5.74, 6) is 1.01. The monoisotopic (exact) mass is 399 g/mol. The second-order valence-corrected chi connectivity index (χ2v) is 7.40. The van der Waals surface area contributed by atoms with Crippen molar-refractivity contribution >= 4 is 5.91 Å². The van der Waals surface area contributed by atoms with Crippen LogP contribution in [0.4, 0.5) is 0 Å². The zero-order valence-corrected chi connectivity index (χ0v) is 16.3. The molecule has 0 saturated carbocycles. The van der Waals surface area contributed by atoms with E-state index in [1.807, 2.05) is 29.3 Å². The number of H-pyrrole nitrogens is 1. The minimum atomic E-state index is 0.0260. The van der Waals surface area contributed by atoms with Crippen molar-refractivity contribution in [2.75, 3.05) is 13.1 Å². The number of carbonyl (C=O) groups is 1. The summed E-state index contributed by atoms with van der Waals surface area (Å²) in [6.07, 6.45) is 8.47. The Hall–Kier alpha value is -3.81. The Bertz CT molecular complexity index is 1130. The molecule has 1 aromatic carbocycles. The fourth-order valence-electron chi connectivity index (χ4n) is 4.02. The number of hydrogen-bond acceptors (Lipinski definition) is 5. The predicted molar refractivity (Wildman–Crippen MR) is 111 cm³/mol. The standard InChI is InChI=1S/C22H21N7O/c30-22(18-6-9-23-20(12-18)29-14-25-26-15-29)28-10-7-17(8-11-28)21-19(13-24-27-21)16-4-2-1-3-5-16/h1-6,9,12-15,17H,7-8,10-11H2,(H,24,27). The van der Waals surface area contributed by atoms with Crippen LogP contribution in [0.3, 0.4) is 0 Å². The van der Waals surface area contributed by atoms with Crippen molar-refractivity contribution in [1.82, 2.24) is 34.8 Å². The number of piperidine rings is 1. The van der Waals surface area contributed by atoms with E-state index < -0.39 is 0 Å². The maximum atomic E-state index is 13.0. The summed E-state index contributed by atoms with van der Waals surface area (Å²) < 4.78 is 1.69. The second kappa shape index (κ2) is 7.90. The Kier molecular flexibility index (Phi) is 4.80. The first-order valence-electron chi connectivity index (χ1n) is 9.98. The molecule has 4 aromatic rings. The number of carbonyl (C=O) groups excluding carboxylic acids is 1. The Morgan fingerprint density at radius 2 is 1.80 bits per heavy atom. The van der Waals surface area contributed by atoms with Crippen LogP contribution in [0, 0.1) is 0 Å². The Labute approximate surface area is 173 Å². The Morgan fingerprint density at radius 3 is 2.57 bits per heavy atom. The first-order chi connectivity index (χ1) is 14.8. The average molecular weight is 399 g/mol. The van der Waals surface area contributed by atoms with Gasteiger partial charge in [0.05, 0.1) is 6.20 Å². The lowest BCUT2D eigenvalue weighted by Crippen LogP contribution is -2.38. The molecule has 0 aliphatic carbocycles. The molecule has 8 heteroatoms. The molecule has 1 aliphatic heterocycles. The van der Waals surface area contributed by atoms with Gasteiger partial charge in [0.1, 0.15) is 18.5 Å². The van der Waals surface area contributed by atoms with Crippen LogP contribution in [0.25, 0.3) is 16.9 Å². The van der Waals surface area contributed by atoms with E-state index in [0.717, 1.165) is 29.7 Å². The minimum Gasteiger partial charge on any atom is -0.339 e.